The van der Waals surface area contributed by atoms with Gasteiger partial charge in [0.2, 0.25) is 0 Å². The highest BCUT2D eigenvalue weighted by Gasteiger charge is 2.22. The lowest BCUT2D eigenvalue weighted by Crippen LogP contribution is -2.23. The van der Waals surface area contributed by atoms with Gasteiger partial charge in [-0.15, -0.1) is 0 Å². The predicted octanol–water partition coefficient (Wildman–Crippen LogP) is 5.87. The molecule has 1 aliphatic heterocycles. The minimum absolute atomic E-state index is 0.0320. The van der Waals surface area contributed by atoms with Crippen molar-refractivity contribution < 1.29 is 9.53 Å². The minimum atomic E-state index is 0.0320. The maximum Gasteiger partial charge on any atom is 0.308 e. The number of rotatable bonds is 11. The van der Waals surface area contributed by atoms with Gasteiger partial charge in [-0.05, 0) is 56.1 Å². The van der Waals surface area contributed by atoms with Gasteiger partial charge in [-0.25, -0.2) is 0 Å². The van der Waals surface area contributed by atoms with Gasteiger partial charge in [0.25, 0.3) is 0 Å². The van der Waals surface area contributed by atoms with E-state index in [2.05, 4.69) is 31.2 Å². The summed E-state index contributed by atoms with van der Waals surface area (Å²) in [5.74, 6) is 0.193. The Balaban J connectivity index is 1.58. The molecule has 1 fully saturated rings. The molecule has 1 saturated heterocycles. The average molecular weight is 331 g/mol. The van der Waals surface area contributed by atoms with Crippen molar-refractivity contribution in [2.45, 2.75) is 84.0 Å². The summed E-state index contributed by atoms with van der Waals surface area (Å²) in [6.45, 7) is 2.89. The number of esters is 1. The van der Waals surface area contributed by atoms with Crippen molar-refractivity contribution in [1.82, 2.24) is 0 Å². The molecule has 0 radical (unpaired) electrons. The van der Waals surface area contributed by atoms with Crippen LogP contribution >= 0.6 is 0 Å². The Morgan fingerprint density at radius 2 is 1.54 bits per heavy atom. The fourth-order valence-corrected chi connectivity index (χ4v) is 3.53. The van der Waals surface area contributed by atoms with Crippen molar-refractivity contribution in [2.75, 3.05) is 6.61 Å². The number of benzene rings is 1. The molecule has 0 bridgehead atoms. The third-order valence-corrected chi connectivity index (χ3v) is 5.13. The van der Waals surface area contributed by atoms with Crippen LogP contribution in [0.3, 0.4) is 0 Å². The maximum absolute atomic E-state index is 11.6. The highest BCUT2D eigenvalue weighted by Crippen LogP contribution is 2.21. The number of ether oxygens (including phenoxy) is 1. The van der Waals surface area contributed by atoms with Crippen LogP contribution < -0.4 is 0 Å². The molecule has 0 aromatic heterocycles. The Kier molecular flexibility index (Phi) is 8.94. The number of hydrogen-bond acceptors (Lipinski definition) is 2. The van der Waals surface area contributed by atoms with E-state index in [0.29, 0.717) is 6.61 Å². The van der Waals surface area contributed by atoms with Gasteiger partial charge >= 0.3 is 5.97 Å². The smallest absolute Gasteiger partial charge is 0.308 e. The van der Waals surface area contributed by atoms with Crippen molar-refractivity contribution in [1.29, 1.82) is 0 Å². The standard InChI is InChI=1S/C22H34O2/c1-2-3-4-5-6-10-19-14-16-20(17-15-19)11-7-8-12-21-13-9-18-24-22(21)23/h14-17,21H,2-13,18H2,1H3. The number of unbranched alkanes of at least 4 members (excludes halogenated alkanes) is 5. The van der Waals surface area contributed by atoms with Crippen molar-refractivity contribution in [2.24, 2.45) is 5.92 Å². The van der Waals surface area contributed by atoms with E-state index in [4.69, 9.17) is 4.74 Å². The molecule has 1 heterocycles. The molecule has 2 rings (SSSR count). The van der Waals surface area contributed by atoms with E-state index in [1.165, 1.54) is 56.1 Å². The topological polar surface area (TPSA) is 26.3 Å². The number of aryl methyl sites for hydroxylation is 2. The zero-order valence-corrected chi connectivity index (χ0v) is 15.4. The first-order valence-corrected chi connectivity index (χ1v) is 10.0. The summed E-state index contributed by atoms with van der Waals surface area (Å²) in [6.07, 6.45) is 14.4. The molecule has 1 aromatic carbocycles. The molecule has 0 saturated carbocycles. The summed E-state index contributed by atoms with van der Waals surface area (Å²) in [5.41, 5.74) is 2.90. The molecule has 2 heteroatoms. The zero-order chi connectivity index (χ0) is 17.0. The lowest BCUT2D eigenvalue weighted by Gasteiger charge is -2.20. The fourth-order valence-electron chi connectivity index (χ4n) is 3.53. The molecule has 0 N–H and O–H groups in total. The number of cyclic esters (lactones) is 1. The van der Waals surface area contributed by atoms with E-state index in [1.54, 1.807) is 0 Å². The molecule has 134 valence electrons. The largest absolute Gasteiger partial charge is 0.465 e. The molecular weight excluding hydrogens is 296 g/mol. The van der Waals surface area contributed by atoms with Crippen LogP contribution in [0.1, 0.15) is 82.3 Å². The van der Waals surface area contributed by atoms with E-state index in [0.717, 1.165) is 32.1 Å². The lowest BCUT2D eigenvalue weighted by molar-refractivity contribution is -0.153. The van der Waals surface area contributed by atoms with Crippen LogP contribution in [0, 0.1) is 5.92 Å². The van der Waals surface area contributed by atoms with Gasteiger partial charge in [0, 0.05) is 0 Å². The minimum Gasteiger partial charge on any atom is -0.465 e. The SMILES string of the molecule is CCCCCCCc1ccc(CCCCC2CCCOC2=O)cc1. The molecule has 24 heavy (non-hydrogen) atoms. The Labute approximate surface area is 148 Å². The van der Waals surface area contributed by atoms with E-state index in [-0.39, 0.29) is 11.9 Å². The van der Waals surface area contributed by atoms with Crippen LogP contribution in [-0.2, 0) is 22.4 Å². The molecule has 1 aromatic rings. The van der Waals surface area contributed by atoms with Crippen LogP contribution in [0.15, 0.2) is 24.3 Å². The molecule has 1 atom stereocenters. The first-order valence-electron chi connectivity index (χ1n) is 10.0. The van der Waals surface area contributed by atoms with Gasteiger partial charge in [0.1, 0.15) is 0 Å². The van der Waals surface area contributed by atoms with Gasteiger partial charge in [-0.2, -0.15) is 0 Å². The quantitative estimate of drug-likeness (QED) is 0.375. The first-order chi connectivity index (χ1) is 11.8. The van der Waals surface area contributed by atoms with Gasteiger partial charge in [-0.3, -0.25) is 4.79 Å². The van der Waals surface area contributed by atoms with Gasteiger partial charge in [0.15, 0.2) is 0 Å². The van der Waals surface area contributed by atoms with Crippen LogP contribution in [0.2, 0.25) is 0 Å². The second kappa shape index (κ2) is 11.3. The summed E-state index contributed by atoms with van der Waals surface area (Å²) in [5, 5.41) is 0. The molecular formula is C22H34O2. The molecule has 0 spiro atoms. The third-order valence-electron chi connectivity index (χ3n) is 5.13. The van der Waals surface area contributed by atoms with E-state index < -0.39 is 0 Å². The highest BCUT2D eigenvalue weighted by atomic mass is 16.5. The van der Waals surface area contributed by atoms with Gasteiger partial charge in [-0.1, -0.05) is 63.3 Å². The van der Waals surface area contributed by atoms with Crippen LogP contribution in [0.25, 0.3) is 0 Å². The molecule has 1 aliphatic rings. The summed E-state index contributed by atoms with van der Waals surface area (Å²) < 4.78 is 5.13. The van der Waals surface area contributed by atoms with Gasteiger partial charge in [0.05, 0.1) is 12.5 Å². The summed E-state index contributed by atoms with van der Waals surface area (Å²) in [7, 11) is 0. The number of hydrogen-bond donors (Lipinski definition) is 0. The Morgan fingerprint density at radius 3 is 2.17 bits per heavy atom. The van der Waals surface area contributed by atoms with E-state index in [9.17, 15) is 4.79 Å². The second-order valence-electron chi connectivity index (χ2n) is 7.23. The summed E-state index contributed by atoms with van der Waals surface area (Å²) >= 11 is 0. The molecule has 2 nitrogen and oxygen atoms in total. The van der Waals surface area contributed by atoms with Crippen molar-refractivity contribution in [3.63, 3.8) is 0 Å². The van der Waals surface area contributed by atoms with E-state index >= 15 is 0 Å². The number of carbonyl (C=O) groups is 1. The second-order valence-corrected chi connectivity index (χ2v) is 7.23. The monoisotopic (exact) mass is 330 g/mol. The predicted molar refractivity (Wildman–Crippen MR) is 100 cm³/mol. The lowest BCUT2D eigenvalue weighted by atomic mass is 9.94. The first kappa shape index (κ1) is 19.0. The fraction of sp³-hybridized carbons (Fsp3) is 0.682. The van der Waals surface area contributed by atoms with Crippen molar-refractivity contribution in [3.05, 3.63) is 35.4 Å². The summed E-state index contributed by atoms with van der Waals surface area (Å²) in [6, 6.07) is 9.17. The molecule has 0 amide bonds. The third kappa shape index (κ3) is 7.07. The average Bonchev–Trinajstić information content (AvgIpc) is 2.61. The van der Waals surface area contributed by atoms with Crippen LogP contribution in [0.4, 0.5) is 0 Å². The normalized spacial score (nSPS) is 17.7. The van der Waals surface area contributed by atoms with E-state index in [1.807, 2.05) is 0 Å². The Hall–Kier alpha value is -1.31. The van der Waals surface area contributed by atoms with Crippen molar-refractivity contribution >= 4 is 5.97 Å². The molecule has 0 aliphatic carbocycles. The molecule has 1 unspecified atom stereocenters. The zero-order valence-electron chi connectivity index (χ0n) is 15.4. The summed E-state index contributed by atoms with van der Waals surface area (Å²) in [4.78, 5) is 11.6. The maximum atomic E-state index is 11.6. The highest BCUT2D eigenvalue weighted by molar-refractivity contribution is 5.72. The Morgan fingerprint density at radius 1 is 0.917 bits per heavy atom. The van der Waals surface area contributed by atoms with Crippen molar-refractivity contribution in [3.8, 4) is 0 Å². The van der Waals surface area contributed by atoms with Crippen LogP contribution in [-0.4, -0.2) is 12.6 Å². The van der Waals surface area contributed by atoms with Crippen LogP contribution in [0.5, 0.6) is 0 Å². The van der Waals surface area contributed by atoms with Gasteiger partial charge < -0.3 is 4.74 Å². The Bertz CT molecular complexity index is 463. The number of carbonyl (C=O) groups excluding carboxylic acids is 1.